The molecule has 12 heavy (non-hydrogen) atoms. The van der Waals surface area contributed by atoms with Crippen molar-refractivity contribution in [2.24, 2.45) is 0 Å². The van der Waals surface area contributed by atoms with Crippen molar-refractivity contribution in [1.82, 2.24) is 4.98 Å². The van der Waals surface area contributed by atoms with Gasteiger partial charge in [-0.25, -0.2) is 0 Å². The van der Waals surface area contributed by atoms with Crippen molar-refractivity contribution in [3.05, 3.63) is 23.5 Å². The van der Waals surface area contributed by atoms with Gasteiger partial charge in [-0.1, -0.05) is 5.92 Å². The van der Waals surface area contributed by atoms with Crippen molar-refractivity contribution in [3.63, 3.8) is 0 Å². The minimum atomic E-state index is -1.31. The molecule has 1 heterocycles. The quantitative estimate of drug-likeness (QED) is 0.497. The second kappa shape index (κ2) is 2.84. The zero-order chi connectivity index (χ0) is 9.19. The van der Waals surface area contributed by atoms with Crippen molar-refractivity contribution in [2.45, 2.75) is 12.5 Å². The van der Waals surface area contributed by atoms with Crippen LogP contribution in [0.2, 0.25) is 0 Å². The summed E-state index contributed by atoms with van der Waals surface area (Å²) < 4.78 is 0. The number of hydrogen-bond acceptors (Lipinski definition) is 2. The molecule has 0 aliphatic carbocycles. The fourth-order valence-corrected chi connectivity index (χ4v) is 0.844. The van der Waals surface area contributed by atoms with E-state index in [1.807, 2.05) is 0 Å². The molecule has 0 aliphatic heterocycles. The van der Waals surface area contributed by atoms with Gasteiger partial charge in [0.25, 0.3) is 0 Å². The van der Waals surface area contributed by atoms with Crippen molar-refractivity contribution in [1.29, 1.82) is 0 Å². The normalized spacial score (nSPS) is 14.8. The van der Waals surface area contributed by atoms with Crippen molar-refractivity contribution in [2.75, 3.05) is 0 Å². The Labute approximate surface area is 70.4 Å². The number of carbonyl (C=O) groups excluding carboxylic acids is 1. The lowest BCUT2D eigenvalue weighted by Crippen LogP contribution is -2.16. The van der Waals surface area contributed by atoms with Gasteiger partial charge in [0.1, 0.15) is 5.60 Å². The number of aromatic nitrogens is 1. The van der Waals surface area contributed by atoms with Crippen molar-refractivity contribution >= 4 is 6.29 Å². The van der Waals surface area contributed by atoms with Gasteiger partial charge in [0, 0.05) is 11.8 Å². The summed E-state index contributed by atoms with van der Waals surface area (Å²) in [6, 6.07) is 1.52. The van der Waals surface area contributed by atoms with Crippen molar-refractivity contribution < 1.29 is 9.90 Å². The lowest BCUT2D eigenvalue weighted by atomic mass is 10.0. The molecule has 0 bridgehead atoms. The number of carbonyl (C=O) groups is 1. The Morgan fingerprint density at radius 3 is 2.92 bits per heavy atom. The summed E-state index contributed by atoms with van der Waals surface area (Å²) in [5.41, 5.74) is -0.384. The molecule has 1 atom stereocenters. The highest BCUT2D eigenvalue weighted by Gasteiger charge is 2.20. The molecule has 3 nitrogen and oxygen atoms in total. The Bertz CT molecular complexity index is 331. The van der Waals surface area contributed by atoms with E-state index < -0.39 is 5.60 Å². The highest BCUT2D eigenvalue weighted by atomic mass is 16.3. The maximum atomic E-state index is 10.3. The second-order valence-corrected chi connectivity index (χ2v) is 2.68. The minimum absolute atomic E-state index is 0.403. The molecule has 62 valence electrons. The van der Waals surface area contributed by atoms with E-state index in [1.54, 1.807) is 0 Å². The fraction of sp³-hybridized carbons (Fsp3) is 0.222. The first-order chi connectivity index (χ1) is 5.60. The molecule has 0 fully saturated rings. The third-order valence-electron chi connectivity index (χ3n) is 1.68. The Hall–Kier alpha value is -1.53. The molecule has 2 N–H and O–H groups in total. The van der Waals surface area contributed by atoms with Gasteiger partial charge in [0.15, 0.2) is 6.29 Å². The lowest BCUT2D eigenvalue weighted by molar-refractivity contribution is 0.111. The van der Waals surface area contributed by atoms with Crippen LogP contribution in [0.4, 0.5) is 0 Å². The standard InChI is InChI=1S/C9H9NO2/c1-3-9(2,12)7-4-8(6-11)10-5-7/h1,4-6,10,12H,2H3. The maximum Gasteiger partial charge on any atom is 0.166 e. The average molecular weight is 163 g/mol. The van der Waals surface area contributed by atoms with E-state index in [4.69, 9.17) is 6.42 Å². The van der Waals surface area contributed by atoms with Crippen LogP contribution in [0.3, 0.4) is 0 Å². The van der Waals surface area contributed by atoms with E-state index in [0.29, 0.717) is 17.5 Å². The summed E-state index contributed by atoms with van der Waals surface area (Å²) in [5.74, 6) is 2.21. The zero-order valence-corrected chi connectivity index (χ0v) is 6.66. The molecule has 0 aromatic carbocycles. The summed E-state index contributed by atoms with van der Waals surface area (Å²) in [5, 5.41) is 9.53. The minimum Gasteiger partial charge on any atom is -0.374 e. The molecule has 0 amide bonds. The summed E-state index contributed by atoms with van der Waals surface area (Å²) in [6.07, 6.45) is 7.27. The van der Waals surface area contributed by atoms with E-state index in [1.165, 1.54) is 19.2 Å². The van der Waals surface area contributed by atoms with Gasteiger partial charge in [0.05, 0.1) is 5.69 Å². The predicted molar refractivity (Wildman–Crippen MR) is 44.6 cm³/mol. The van der Waals surface area contributed by atoms with E-state index in [0.717, 1.165) is 0 Å². The maximum absolute atomic E-state index is 10.3. The molecule has 1 rings (SSSR count). The van der Waals surface area contributed by atoms with Gasteiger partial charge in [-0.05, 0) is 13.0 Å². The monoisotopic (exact) mass is 163 g/mol. The van der Waals surface area contributed by atoms with Crippen LogP contribution >= 0.6 is 0 Å². The summed E-state index contributed by atoms with van der Waals surface area (Å²) in [4.78, 5) is 12.9. The van der Waals surface area contributed by atoms with Crippen LogP contribution in [0.25, 0.3) is 0 Å². The highest BCUT2D eigenvalue weighted by Crippen LogP contribution is 2.19. The van der Waals surface area contributed by atoms with Gasteiger partial charge < -0.3 is 10.1 Å². The molecule has 3 heteroatoms. The van der Waals surface area contributed by atoms with Crippen LogP contribution in [0.1, 0.15) is 23.0 Å². The fourth-order valence-electron chi connectivity index (χ4n) is 0.844. The smallest absolute Gasteiger partial charge is 0.166 e. The number of aromatic amines is 1. The largest absolute Gasteiger partial charge is 0.374 e. The van der Waals surface area contributed by atoms with Crippen LogP contribution in [-0.4, -0.2) is 16.4 Å². The SMILES string of the molecule is C#CC(C)(O)c1c[nH]c(C=O)c1. The van der Waals surface area contributed by atoms with Crippen molar-refractivity contribution in [3.8, 4) is 12.3 Å². The molecular weight excluding hydrogens is 154 g/mol. The lowest BCUT2D eigenvalue weighted by Gasteiger charge is -2.13. The summed E-state index contributed by atoms with van der Waals surface area (Å²) in [7, 11) is 0. The molecular formula is C9H9NO2. The van der Waals surface area contributed by atoms with E-state index in [9.17, 15) is 9.90 Å². The number of hydrogen-bond donors (Lipinski definition) is 2. The van der Waals surface area contributed by atoms with Crippen LogP contribution in [0.5, 0.6) is 0 Å². The molecule has 0 aliphatic rings. The summed E-state index contributed by atoms with van der Waals surface area (Å²) in [6.45, 7) is 1.49. The molecule has 1 aromatic heterocycles. The number of aliphatic hydroxyl groups is 1. The van der Waals surface area contributed by atoms with Crippen LogP contribution in [0, 0.1) is 12.3 Å². The molecule has 0 spiro atoms. The summed E-state index contributed by atoms with van der Waals surface area (Å²) >= 11 is 0. The van der Waals surface area contributed by atoms with Gasteiger partial charge in [-0.3, -0.25) is 4.79 Å². The first-order valence-electron chi connectivity index (χ1n) is 3.44. The molecule has 1 unspecified atom stereocenters. The Balaban J connectivity index is 3.05. The topological polar surface area (TPSA) is 53.1 Å². The number of terminal acetylenes is 1. The van der Waals surface area contributed by atoms with Crippen LogP contribution in [0.15, 0.2) is 12.3 Å². The Morgan fingerprint density at radius 2 is 2.50 bits per heavy atom. The molecule has 0 saturated carbocycles. The van der Waals surface area contributed by atoms with E-state index in [2.05, 4.69) is 10.9 Å². The zero-order valence-electron chi connectivity index (χ0n) is 6.66. The number of rotatable bonds is 2. The first kappa shape index (κ1) is 8.57. The van der Waals surface area contributed by atoms with Crippen LogP contribution in [-0.2, 0) is 5.60 Å². The third-order valence-corrected chi connectivity index (χ3v) is 1.68. The second-order valence-electron chi connectivity index (χ2n) is 2.68. The van der Waals surface area contributed by atoms with Gasteiger partial charge >= 0.3 is 0 Å². The number of H-pyrrole nitrogens is 1. The predicted octanol–water partition coefficient (Wildman–Crippen LogP) is 0.668. The van der Waals surface area contributed by atoms with Gasteiger partial charge in [-0.15, -0.1) is 6.42 Å². The Kier molecular flexibility index (Phi) is 2.03. The third kappa shape index (κ3) is 1.39. The Morgan fingerprint density at radius 1 is 1.83 bits per heavy atom. The molecule has 0 saturated heterocycles. The van der Waals surface area contributed by atoms with Crippen LogP contribution < -0.4 is 0 Å². The first-order valence-corrected chi connectivity index (χ1v) is 3.44. The number of nitrogens with one attached hydrogen (secondary N) is 1. The van der Waals surface area contributed by atoms with Gasteiger partial charge in [-0.2, -0.15) is 0 Å². The average Bonchev–Trinajstić information content (AvgIpc) is 2.52. The molecule has 1 aromatic rings. The van der Waals surface area contributed by atoms with Gasteiger partial charge in [0.2, 0.25) is 0 Å². The van der Waals surface area contributed by atoms with E-state index >= 15 is 0 Å². The highest BCUT2D eigenvalue weighted by molar-refractivity contribution is 5.72. The molecule has 0 radical (unpaired) electrons. The number of aldehydes is 1. The van der Waals surface area contributed by atoms with E-state index in [-0.39, 0.29) is 0 Å².